The molecule has 0 amide bonds. The first kappa shape index (κ1) is 16.3. The first-order valence-corrected chi connectivity index (χ1v) is 8.90. The highest BCUT2D eigenvalue weighted by Gasteiger charge is 2.36. The van der Waals surface area contributed by atoms with E-state index in [4.69, 9.17) is 5.73 Å². The summed E-state index contributed by atoms with van der Waals surface area (Å²) in [5.74, 6) is 0.923. The average Bonchev–Trinajstić information content (AvgIpc) is 2.40. The van der Waals surface area contributed by atoms with Gasteiger partial charge in [0, 0.05) is 18.1 Å². The van der Waals surface area contributed by atoms with Crippen LogP contribution in [0.1, 0.15) is 78.6 Å². The minimum Gasteiger partial charge on any atom is -0.326 e. The summed E-state index contributed by atoms with van der Waals surface area (Å²) in [6.45, 7) is 7.16. The Balaban J connectivity index is 1.91. The summed E-state index contributed by atoms with van der Waals surface area (Å²) >= 11 is 0. The van der Waals surface area contributed by atoms with Gasteiger partial charge in [-0.25, -0.2) is 0 Å². The molecule has 0 heterocycles. The molecule has 118 valence electrons. The van der Waals surface area contributed by atoms with Crippen molar-refractivity contribution in [2.75, 3.05) is 7.05 Å². The molecule has 20 heavy (non-hydrogen) atoms. The second-order valence-corrected chi connectivity index (χ2v) is 8.26. The minimum absolute atomic E-state index is 0.406. The van der Waals surface area contributed by atoms with Gasteiger partial charge in [-0.3, -0.25) is 4.90 Å². The molecule has 3 unspecified atom stereocenters. The normalized spacial score (nSPS) is 35.4. The van der Waals surface area contributed by atoms with Crippen molar-refractivity contribution in [3.8, 4) is 0 Å². The quantitative estimate of drug-likeness (QED) is 0.837. The van der Waals surface area contributed by atoms with E-state index in [-0.39, 0.29) is 0 Å². The largest absolute Gasteiger partial charge is 0.326 e. The van der Waals surface area contributed by atoms with Crippen molar-refractivity contribution >= 4 is 0 Å². The number of nitrogens with two attached hydrogens (primary N) is 1. The fourth-order valence-corrected chi connectivity index (χ4v) is 4.46. The van der Waals surface area contributed by atoms with Gasteiger partial charge in [-0.15, -0.1) is 0 Å². The van der Waals surface area contributed by atoms with E-state index in [1.807, 2.05) is 0 Å². The molecule has 2 aliphatic rings. The standard InChI is InChI=1S/C18H36N2/c1-5-6-14-7-8-16(19)17(13-14)20(4)15-9-11-18(2,3)12-10-15/h14-17H,5-13,19H2,1-4H3. The highest BCUT2D eigenvalue weighted by atomic mass is 15.2. The number of likely N-dealkylation sites (N-methyl/N-ethyl adjacent to an activating group) is 1. The van der Waals surface area contributed by atoms with Gasteiger partial charge in [-0.1, -0.05) is 33.6 Å². The van der Waals surface area contributed by atoms with Gasteiger partial charge in [0.15, 0.2) is 0 Å². The van der Waals surface area contributed by atoms with Gasteiger partial charge in [0.05, 0.1) is 0 Å². The van der Waals surface area contributed by atoms with E-state index >= 15 is 0 Å². The lowest BCUT2D eigenvalue weighted by Crippen LogP contribution is -2.54. The van der Waals surface area contributed by atoms with Crippen LogP contribution in [0.25, 0.3) is 0 Å². The third-order valence-corrected chi connectivity index (χ3v) is 6.08. The highest BCUT2D eigenvalue weighted by Crippen LogP contribution is 2.39. The van der Waals surface area contributed by atoms with Crippen molar-refractivity contribution in [3.05, 3.63) is 0 Å². The van der Waals surface area contributed by atoms with Gasteiger partial charge in [0.1, 0.15) is 0 Å². The number of hydrogen-bond acceptors (Lipinski definition) is 2. The van der Waals surface area contributed by atoms with Gasteiger partial charge >= 0.3 is 0 Å². The molecule has 2 heteroatoms. The van der Waals surface area contributed by atoms with E-state index in [0.717, 1.165) is 12.0 Å². The van der Waals surface area contributed by atoms with Crippen molar-refractivity contribution in [2.45, 2.75) is 96.7 Å². The summed E-state index contributed by atoms with van der Waals surface area (Å²) in [6, 6.07) is 1.81. The van der Waals surface area contributed by atoms with Crippen LogP contribution < -0.4 is 5.73 Å². The molecule has 2 saturated carbocycles. The topological polar surface area (TPSA) is 29.3 Å². The van der Waals surface area contributed by atoms with E-state index in [2.05, 4.69) is 32.7 Å². The van der Waals surface area contributed by atoms with Gasteiger partial charge < -0.3 is 5.73 Å². The molecule has 2 N–H and O–H groups in total. The number of nitrogens with zero attached hydrogens (tertiary/aromatic N) is 1. The second-order valence-electron chi connectivity index (χ2n) is 8.26. The monoisotopic (exact) mass is 280 g/mol. The molecular weight excluding hydrogens is 244 g/mol. The maximum absolute atomic E-state index is 6.46. The second kappa shape index (κ2) is 6.79. The van der Waals surface area contributed by atoms with Crippen LogP contribution in [0, 0.1) is 11.3 Å². The molecule has 2 nitrogen and oxygen atoms in total. The molecule has 2 rings (SSSR count). The summed E-state index contributed by atoms with van der Waals surface area (Å²) < 4.78 is 0. The van der Waals surface area contributed by atoms with E-state index < -0.39 is 0 Å². The van der Waals surface area contributed by atoms with E-state index in [0.29, 0.717) is 17.5 Å². The molecular formula is C18H36N2. The third kappa shape index (κ3) is 3.98. The van der Waals surface area contributed by atoms with Gasteiger partial charge in [0.2, 0.25) is 0 Å². The van der Waals surface area contributed by atoms with Crippen LogP contribution >= 0.6 is 0 Å². The molecule has 0 saturated heterocycles. The van der Waals surface area contributed by atoms with E-state index in [1.54, 1.807) is 0 Å². The maximum atomic E-state index is 6.46. The lowest BCUT2D eigenvalue weighted by atomic mass is 9.74. The first-order valence-electron chi connectivity index (χ1n) is 8.90. The molecule has 0 spiro atoms. The number of hydrogen-bond donors (Lipinski definition) is 1. The molecule has 2 aliphatic carbocycles. The highest BCUT2D eigenvalue weighted by molar-refractivity contribution is 4.92. The molecule has 0 aromatic carbocycles. The molecule has 0 bridgehead atoms. The molecule has 3 atom stereocenters. The van der Waals surface area contributed by atoms with Crippen LogP contribution in [-0.4, -0.2) is 30.1 Å². The van der Waals surface area contributed by atoms with Gasteiger partial charge in [-0.2, -0.15) is 0 Å². The van der Waals surface area contributed by atoms with E-state index in [9.17, 15) is 0 Å². The summed E-state index contributed by atoms with van der Waals surface area (Å²) in [4.78, 5) is 2.67. The van der Waals surface area contributed by atoms with Crippen LogP contribution in [0.15, 0.2) is 0 Å². The van der Waals surface area contributed by atoms with Crippen LogP contribution in [-0.2, 0) is 0 Å². The van der Waals surface area contributed by atoms with Crippen molar-refractivity contribution in [1.82, 2.24) is 4.90 Å². The Bertz CT molecular complexity index is 290. The SMILES string of the molecule is CCCC1CCC(N)C(N(C)C2CCC(C)(C)CC2)C1. The van der Waals surface area contributed by atoms with Gasteiger partial charge in [-0.05, 0) is 63.3 Å². The Labute approximate surface area is 126 Å². The lowest BCUT2D eigenvalue weighted by molar-refractivity contribution is 0.0549. The first-order chi connectivity index (χ1) is 9.43. The third-order valence-electron chi connectivity index (χ3n) is 6.08. The van der Waals surface area contributed by atoms with Crippen molar-refractivity contribution in [2.24, 2.45) is 17.1 Å². The van der Waals surface area contributed by atoms with Crippen LogP contribution in [0.4, 0.5) is 0 Å². The zero-order valence-electron chi connectivity index (χ0n) is 14.2. The van der Waals surface area contributed by atoms with Crippen molar-refractivity contribution < 1.29 is 0 Å². The molecule has 0 aromatic heterocycles. The number of rotatable bonds is 4. The summed E-state index contributed by atoms with van der Waals surface area (Å²) in [6.07, 6.45) is 12.1. The molecule has 0 radical (unpaired) electrons. The fraction of sp³-hybridized carbons (Fsp3) is 1.00. The zero-order valence-corrected chi connectivity index (χ0v) is 14.2. The Hall–Kier alpha value is -0.0800. The zero-order chi connectivity index (χ0) is 14.8. The molecule has 0 aliphatic heterocycles. The van der Waals surface area contributed by atoms with Gasteiger partial charge in [0.25, 0.3) is 0 Å². The Morgan fingerprint density at radius 2 is 1.75 bits per heavy atom. The molecule has 2 fully saturated rings. The van der Waals surface area contributed by atoms with Crippen LogP contribution in [0.5, 0.6) is 0 Å². The Kier molecular flexibility index (Phi) is 5.53. The predicted octanol–water partition coefficient (Wildman–Crippen LogP) is 4.18. The Morgan fingerprint density at radius 1 is 1.10 bits per heavy atom. The maximum Gasteiger partial charge on any atom is 0.0249 e. The summed E-state index contributed by atoms with van der Waals surface area (Å²) in [5.41, 5.74) is 7.02. The smallest absolute Gasteiger partial charge is 0.0249 e. The predicted molar refractivity (Wildman–Crippen MR) is 87.8 cm³/mol. The van der Waals surface area contributed by atoms with Crippen molar-refractivity contribution in [1.29, 1.82) is 0 Å². The Morgan fingerprint density at radius 3 is 2.35 bits per heavy atom. The minimum atomic E-state index is 0.406. The van der Waals surface area contributed by atoms with Crippen LogP contribution in [0.2, 0.25) is 0 Å². The lowest BCUT2D eigenvalue weighted by Gasteiger charge is -2.46. The average molecular weight is 280 g/mol. The summed E-state index contributed by atoms with van der Waals surface area (Å²) in [5, 5.41) is 0. The molecule has 0 aromatic rings. The van der Waals surface area contributed by atoms with E-state index in [1.165, 1.54) is 57.8 Å². The summed E-state index contributed by atoms with van der Waals surface area (Å²) in [7, 11) is 2.35. The fourth-order valence-electron chi connectivity index (χ4n) is 4.46. The van der Waals surface area contributed by atoms with Crippen molar-refractivity contribution in [3.63, 3.8) is 0 Å². The van der Waals surface area contributed by atoms with Crippen LogP contribution in [0.3, 0.4) is 0 Å².